The molecule has 3 aliphatic heterocycles. The highest BCUT2D eigenvalue weighted by molar-refractivity contribution is 6.03. The molecule has 1 atom stereocenters. The number of carbonyl (C=O) groups is 3. The topological polar surface area (TPSA) is 108 Å². The van der Waals surface area contributed by atoms with E-state index in [0.717, 1.165) is 42.8 Å². The summed E-state index contributed by atoms with van der Waals surface area (Å²) in [6.45, 7) is 9.16. The Kier molecular flexibility index (Phi) is 8.48. The van der Waals surface area contributed by atoms with Gasteiger partial charge in [0.05, 0.1) is 23.4 Å². The molecule has 2 amide bonds. The highest BCUT2D eigenvalue weighted by Crippen LogP contribution is 2.42. The smallest absolute Gasteiger partial charge is 0.407 e. The quantitative estimate of drug-likeness (QED) is 0.331. The number of aromatic nitrogens is 1. The largest absolute Gasteiger partial charge is 0.462 e. The monoisotopic (exact) mass is 615 g/mol. The molecule has 1 aromatic heterocycles. The lowest BCUT2D eigenvalue weighted by Crippen LogP contribution is -2.46. The van der Waals surface area contributed by atoms with Gasteiger partial charge in [0.25, 0.3) is 5.91 Å². The lowest BCUT2D eigenvalue weighted by molar-refractivity contribution is 0.0507. The highest BCUT2D eigenvalue weighted by Gasteiger charge is 2.34. The van der Waals surface area contributed by atoms with E-state index < -0.39 is 11.7 Å². The van der Waals surface area contributed by atoms with Gasteiger partial charge in [-0.1, -0.05) is 24.3 Å². The first-order valence-electron chi connectivity index (χ1n) is 15.8. The number of amides is 2. The summed E-state index contributed by atoms with van der Waals surface area (Å²) in [6.07, 6.45) is 3.44. The molecule has 0 radical (unpaired) electrons. The molecule has 3 aromatic rings. The predicted molar refractivity (Wildman–Crippen MR) is 168 cm³/mol. The van der Waals surface area contributed by atoms with Gasteiger partial charge in [-0.25, -0.2) is 9.59 Å². The van der Waals surface area contributed by atoms with Gasteiger partial charge in [-0.3, -0.25) is 4.79 Å². The van der Waals surface area contributed by atoms with E-state index in [1.54, 1.807) is 13.0 Å². The van der Waals surface area contributed by atoms with Crippen molar-refractivity contribution in [3.8, 4) is 22.8 Å². The van der Waals surface area contributed by atoms with Crippen molar-refractivity contribution < 1.29 is 33.3 Å². The van der Waals surface area contributed by atoms with Crippen LogP contribution in [0, 0.1) is 0 Å². The number of nitrogens with one attached hydrogen (secondary N) is 1. The number of carbonyl (C=O) groups excluding carboxylic acids is 3. The minimum atomic E-state index is -0.600. The molecule has 0 unspecified atom stereocenters. The maximum absolute atomic E-state index is 14.7. The van der Waals surface area contributed by atoms with Crippen molar-refractivity contribution >= 4 is 18.0 Å². The molecule has 0 aliphatic carbocycles. The van der Waals surface area contributed by atoms with Crippen LogP contribution in [0.2, 0.25) is 0 Å². The van der Waals surface area contributed by atoms with Gasteiger partial charge in [-0.15, -0.1) is 0 Å². The Morgan fingerprint density at radius 2 is 1.76 bits per heavy atom. The second-order valence-corrected chi connectivity index (χ2v) is 12.7. The van der Waals surface area contributed by atoms with Gasteiger partial charge in [0.15, 0.2) is 11.5 Å². The van der Waals surface area contributed by atoms with E-state index in [4.69, 9.17) is 18.9 Å². The Bertz CT molecular complexity index is 1620. The van der Waals surface area contributed by atoms with Crippen LogP contribution in [-0.4, -0.2) is 59.0 Å². The predicted octanol–water partition coefficient (Wildman–Crippen LogP) is 5.88. The maximum Gasteiger partial charge on any atom is 0.407 e. The zero-order valence-corrected chi connectivity index (χ0v) is 26.4. The second kappa shape index (κ2) is 12.5. The van der Waals surface area contributed by atoms with E-state index >= 15 is 0 Å². The summed E-state index contributed by atoms with van der Waals surface area (Å²) < 4.78 is 24.5. The molecular weight excluding hydrogens is 574 g/mol. The number of hydrogen-bond acceptors (Lipinski definition) is 7. The van der Waals surface area contributed by atoms with Gasteiger partial charge < -0.3 is 33.7 Å². The van der Waals surface area contributed by atoms with Crippen LogP contribution in [0.3, 0.4) is 0 Å². The van der Waals surface area contributed by atoms with Crippen LogP contribution < -0.4 is 14.8 Å². The zero-order valence-electron chi connectivity index (χ0n) is 26.4. The summed E-state index contributed by atoms with van der Waals surface area (Å²) in [7, 11) is 0. The lowest BCUT2D eigenvalue weighted by Gasteiger charge is -2.37. The third kappa shape index (κ3) is 6.36. The van der Waals surface area contributed by atoms with Gasteiger partial charge >= 0.3 is 12.1 Å². The Hall–Kier alpha value is -4.47. The Balaban J connectivity index is 1.37. The molecule has 0 bridgehead atoms. The maximum atomic E-state index is 14.7. The number of benzene rings is 2. The van der Waals surface area contributed by atoms with E-state index in [1.165, 1.54) is 5.56 Å². The van der Waals surface area contributed by atoms with E-state index in [0.29, 0.717) is 54.1 Å². The van der Waals surface area contributed by atoms with Crippen molar-refractivity contribution in [2.75, 3.05) is 19.9 Å². The van der Waals surface area contributed by atoms with Crippen LogP contribution in [0.5, 0.6) is 11.5 Å². The van der Waals surface area contributed by atoms with Crippen LogP contribution in [0.15, 0.2) is 42.5 Å². The molecule has 45 heavy (non-hydrogen) atoms. The average Bonchev–Trinajstić information content (AvgIpc) is 3.63. The first-order valence-corrected chi connectivity index (χ1v) is 15.8. The highest BCUT2D eigenvalue weighted by atomic mass is 16.7. The molecule has 0 spiro atoms. The SMILES string of the molecule is CCOC(=O)c1cc(-c2cc3c(cc2C(=O)N2Cc4ccccc4C[C@H]2CCNC(=O)OC(C)(C)C)OCO3)n2c1CCCC2. The molecular formula is C35H41N3O7. The van der Waals surface area contributed by atoms with Crippen molar-refractivity contribution in [1.29, 1.82) is 0 Å². The first-order chi connectivity index (χ1) is 21.6. The van der Waals surface area contributed by atoms with Gasteiger partial charge in [0.2, 0.25) is 6.79 Å². The molecule has 6 rings (SSSR count). The number of nitrogens with zero attached hydrogens (tertiary/aromatic N) is 2. The molecule has 1 N–H and O–H groups in total. The van der Waals surface area contributed by atoms with Crippen molar-refractivity contribution in [2.24, 2.45) is 0 Å². The van der Waals surface area contributed by atoms with Crippen molar-refractivity contribution in [2.45, 2.75) is 84.5 Å². The first kappa shape index (κ1) is 30.6. The van der Waals surface area contributed by atoms with E-state index in [9.17, 15) is 14.4 Å². The lowest BCUT2D eigenvalue weighted by atomic mass is 9.91. The van der Waals surface area contributed by atoms with Gasteiger partial charge in [-0.2, -0.15) is 0 Å². The molecule has 10 heteroatoms. The number of ether oxygens (including phenoxy) is 4. The number of fused-ring (bicyclic) bond motifs is 3. The summed E-state index contributed by atoms with van der Waals surface area (Å²) in [5.41, 5.74) is 5.11. The molecule has 0 saturated heterocycles. The molecule has 238 valence electrons. The normalized spacial score (nSPS) is 16.9. The molecule has 10 nitrogen and oxygen atoms in total. The Morgan fingerprint density at radius 1 is 1.00 bits per heavy atom. The number of alkyl carbamates (subject to hydrolysis) is 1. The third-order valence-electron chi connectivity index (χ3n) is 8.53. The summed E-state index contributed by atoms with van der Waals surface area (Å²) in [6, 6.07) is 13.5. The standard InChI is InChI=1S/C35H41N3O7/c1-5-42-33(40)27-17-29(37-15-9-8-12-28(27)37)25-18-30-31(44-21-43-30)19-26(25)32(39)38-20-23-11-7-6-10-22(23)16-24(38)13-14-36-34(41)45-35(2,3)4/h6-7,10-11,17-19,24H,5,8-9,12-16,20-21H2,1-4H3,(H,36,41)/t24-/m1/s1. The molecule has 3 aliphatic rings. The van der Waals surface area contributed by atoms with E-state index in [2.05, 4.69) is 22.0 Å². The fourth-order valence-electron chi connectivity index (χ4n) is 6.51. The van der Waals surface area contributed by atoms with E-state index in [1.807, 2.05) is 49.9 Å². The molecule has 2 aromatic carbocycles. The van der Waals surface area contributed by atoms with Gasteiger partial charge in [0, 0.05) is 36.9 Å². The molecule has 4 heterocycles. The Labute approximate surface area is 263 Å². The molecule has 0 fully saturated rings. The molecule has 0 saturated carbocycles. The summed E-state index contributed by atoms with van der Waals surface area (Å²) in [5.74, 6) is 0.573. The number of rotatable bonds is 7. The van der Waals surface area contributed by atoms with Crippen LogP contribution in [0.25, 0.3) is 11.3 Å². The Morgan fingerprint density at radius 3 is 2.51 bits per heavy atom. The van der Waals surface area contributed by atoms with Crippen molar-refractivity contribution in [3.05, 3.63) is 70.4 Å². The number of hydrogen-bond donors (Lipinski definition) is 1. The zero-order chi connectivity index (χ0) is 31.7. The fourth-order valence-corrected chi connectivity index (χ4v) is 6.51. The average molecular weight is 616 g/mol. The minimum absolute atomic E-state index is 0.0722. The van der Waals surface area contributed by atoms with Gasteiger partial charge in [-0.05, 0) is 89.1 Å². The van der Waals surface area contributed by atoms with E-state index in [-0.39, 0.29) is 31.3 Å². The summed E-state index contributed by atoms with van der Waals surface area (Å²) >= 11 is 0. The second-order valence-electron chi connectivity index (χ2n) is 12.7. The van der Waals surface area contributed by atoms with Crippen LogP contribution >= 0.6 is 0 Å². The number of esters is 1. The third-order valence-corrected chi connectivity index (χ3v) is 8.53. The van der Waals surface area contributed by atoms with Crippen molar-refractivity contribution in [3.63, 3.8) is 0 Å². The summed E-state index contributed by atoms with van der Waals surface area (Å²) in [5, 5.41) is 2.86. The van der Waals surface area contributed by atoms with Crippen LogP contribution in [-0.2, 0) is 35.4 Å². The fraction of sp³-hybridized carbons (Fsp3) is 0.457. The summed E-state index contributed by atoms with van der Waals surface area (Å²) in [4.78, 5) is 42.0. The van der Waals surface area contributed by atoms with Gasteiger partial charge in [0.1, 0.15) is 5.60 Å². The minimum Gasteiger partial charge on any atom is -0.462 e. The van der Waals surface area contributed by atoms with Crippen LogP contribution in [0.1, 0.15) is 84.5 Å². The van der Waals surface area contributed by atoms with Crippen molar-refractivity contribution in [1.82, 2.24) is 14.8 Å². The van der Waals surface area contributed by atoms with Crippen LogP contribution in [0.4, 0.5) is 4.79 Å².